The zero-order chi connectivity index (χ0) is 13.2. The number of nitrogens with two attached hydrogens (primary N) is 1. The van der Waals surface area contributed by atoms with E-state index in [2.05, 4.69) is 5.43 Å². The minimum atomic E-state index is -3.51. The summed E-state index contributed by atoms with van der Waals surface area (Å²) < 4.78 is 24.5. The summed E-state index contributed by atoms with van der Waals surface area (Å²) >= 11 is 5.73. The monoisotopic (exact) mass is 282 g/mol. The third-order valence-electron chi connectivity index (χ3n) is 2.46. The van der Waals surface area contributed by atoms with E-state index in [9.17, 15) is 8.42 Å². The zero-order valence-corrected chi connectivity index (χ0v) is 10.9. The second kappa shape index (κ2) is 4.97. The van der Waals surface area contributed by atoms with Crippen LogP contribution in [0.15, 0.2) is 58.3 Å². The molecule has 0 aromatic heterocycles. The van der Waals surface area contributed by atoms with E-state index in [4.69, 9.17) is 17.4 Å². The van der Waals surface area contributed by atoms with Crippen LogP contribution in [0, 0.1) is 0 Å². The summed E-state index contributed by atoms with van der Waals surface area (Å²) in [5, 5.41) is 0.497. The number of hydrogen-bond donors (Lipinski definition) is 2. The Kier molecular flexibility index (Phi) is 3.56. The van der Waals surface area contributed by atoms with Gasteiger partial charge in [-0.1, -0.05) is 11.6 Å². The van der Waals surface area contributed by atoms with E-state index >= 15 is 0 Å². The maximum atomic E-state index is 12.2. The average Bonchev–Trinajstić information content (AvgIpc) is 2.39. The molecule has 0 spiro atoms. The minimum absolute atomic E-state index is 0.209. The molecule has 6 heteroatoms. The van der Waals surface area contributed by atoms with Crippen LogP contribution in [0.4, 0.5) is 5.69 Å². The fraction of sp³-hybridized carbons (Fsp3) is 0. The summed E-state index contributed by atoms with van der Waals surface area (Å²) in [5.74, 6) is 5.22. The van der Waals surface area contributed by atoms with Crippen LogP contribution in [0.5, 0.6) is 0 Å². The number of anilines is 1. The second-order valence-corrected chi connectivity index (χ2v) is 6.01. The molecule has 0 radical (unpaired) electrons. The number of halogens is 1. The van der Waals surface area contributed by atoms with Crippen molar-refractivity contribution in [3.8, 4) is 0 Å². The lowest BCUT2D eigenvalue weighted by molar-refractivity contribution is 0.596. The van der Waals surface area contributed by atoms with Gasteiger partial charge in [0, 0.05) is 10.7 Å². The Morgan fingerprint density at radius 2 is 1.33 bits per heavy atom. The molecule has 0 fully saturated rings. The number of rotatable bonds is 3. The van der Waals surface area contributed by atoms with Crippen molar-refractivity contribution in [1.82, 2.24) is 0 Å². The summed E-state index contributed by atoms with van der Waals surface area (Å²) in [6, 6.07) is 12.2. The van der Waals surface area contributed by atoms with Crippen molar-refractivity contribution in [3.63, 3.8) is 0 Å². The number of hydrazine groups is 1. The van der Waals surface area contributed by atoms with E-state index in [0.29, 0.717) is 10.7 Å². The molecule has 4 nitrogen and oxygen atoms in total. The highest BCUT2D eigenvalue weighted by atomic mass is 35.5. The molecule has 2 aromatic rings. The summed E-state index contributed by atoms with van der Waals surface area (Å²) in [6.45, 7) is 0. The van der Waals surface area contributed by atoms with Crippen LogP contribution in [0.25, 0.3) is 0 Å². The third-order valence-corrected chi connectivity index (χ3v) is 4.49. The first-order valence-corrected chi connectivity index (χ1v) is 6.97. The van der Waals surface area contributed by atoms with E-state index in [-0.39, 0.29) is 9.79 Å². The summed E-state index contributed by atoms with van der Waals surface area (Å²) in [5.41, 5.74) is 3.08. The molecule has 3 N–H and O–H groups in total. The maximum Gasteiger partial charge on any atom is 0.206 e. The Morgan fingerprint density at radius 1 is 0.889 bits per heavy atom. The number of nitrogen functional groups attached to an aromatic ring is 1. The van der Waals surface area contributed by atoms with Crippen LogP contribution in [0.1, 0.15) is 0 Å². The SMILES string of the molecule is NNc1ccc(S(=O)(=O)c2ccc(Cl)cc2)cc1. The van der Waals surface area contributed by atoms with E-state index < -0.39 is 9.84 Å². The van der Waals surface area contributed by atoms with Gasteiger partial charge in [0.05, 0.1) is 9.79 Å². The van der Waals surface area contributed by atoms with Gasteiger partial charge in [-0.2, -0.15) is 0 Å². The van der Waals surface area contributed by atoms with Crippen molar-refractivity contribution < 1.29 is 8.42 Å². The highest BCUT2D eigenvalue weighted by molar-refractivity contribution is 7.91. The predicted octanol–water partition coefficient (Wildman–Crippen LogP) is 2.46. The molecule has 0 aliphatic rings. The number of nitrogens with one attached hydrogen (secondary N) is 1. The highest BCUT2D eigenvalue weighted by Gasteiger charge is 2.16. The highest BCUT2D eigenvalue weighted by Crippen LogP contribution is 2.23. The quantitative estimate of drug-likeness (QED) is 0.670. The number of benzene rings is 2. The standard InChI is InChI=1S/C12H11ClN2O2S/c13-9-1-5-11(6-2-9)18(16,17)12-7-3-10(15-14)4-8-12/h1-8,15H,14H2. The normalized spacial score (nSPS) is 11.2. The second-order valence-electron chi connectivity index (χ2n) is 3.63. The van der Waals surface area contributed by atoms with Crippen molar-refractivity contribution >= 4 is 27.1 Å². The van der Waals surface area contributed by atoms with Gasteiger partial charge in [0.1, 0.15) is 0 Å². The fourth-order valence-electron chi connectivity index (χ4n) is 1.48. The van der Waals surface area contributed by atoms with Gasteiger partial charge in [0.2, 0.25) is 9.84 Å². The largest absolute Gasteiger partial charge is 0.324 e. The molecule has 0 saturated heterocycles. The van der Waals surface area contributed by atoms with Gasteiger partial charge in [0.25, 0.3) is 0 Å². The average molecular weight is 283 g/mol. The molecule has 18 heavy (non-hydrogen) atoms. The van der Waals surface area contributed by atoms with E-state index in [1.54, 1.807) is 24.3 Å². The van der Waals surface area contributed by atoms with Crippen molar-refractivity contribution in [3.05, 3.63) is 53.6 Å². The Balaban J connectivity index is 2.44. The van der Waals surface area contributed by atoms with Crippen LogP contribution in [0.3, 0.4) is 0 Å². The lowest BCUT2D eigenvalue weighted by atomic mass is 10.3. The molecule has 2 aromatic carbocycles. The lowest BCUT2D eigenvalue weighted by Crippen LogP contribution is -2.07. The molecule has 0 atom stereocenters. The van der Waals surface area contributed by atoms with E-state index in [1.807, 2.05) is 0 Å². The lowest BCUT2D eigenvalue weighted by Gasteiger charge is -2.06. The maximum absolute atomic E-state index is 12.2. The van der Waals surface area contributed by atoms with Gasteiger partial charge in [-0.3, -0.25) is 5.84 Å². The molecule has 0 heterocycles. The minimum Gasteiger partial charge on any atom is -0.324 e. The summed E-state index contributed by atoms with van der Waals surface area (Å²) in [4.78, 5) is 0.421. The number of hydrogen-bond acceptors (Lipinski definition) is 4. The first-order chi connectivity index (χ1) is 8.54. The van der Waals surface area contributed by atoms with Gasteiger partial charge >= 0.3 is 0 Å². The van der Waals surface area contributed by atoms with Crippen molar-refractivity contribution in [2.75, 3.05) is 5.43 Å². The van der Waals surface area contributed by atoms with Crippen LogP contribution in [0.2, 0.25) is 5.02 Å². The van der Waals surface area contributed by atoms with Crippen molar-refractivity contribution in [2.45, 2.75) is 9.79 Å². The van der Waals surface area contributed by atoms with Crippen molar-refractivity contribution in [2.24, 2.45) is 5.84 Å². The molecule has 0 aliphatic heterocycles. The van der Waals surface area contributed by atoms with Gasteiger partial charge in [-0.15, -0.1) is 0 Å². The van der Waals surface area contributed by atoms with Crippen molar-refractivity contribution in [1.29, 1.82) is 0 Å². The van der Waals surface area contributed by atoms with Gasteiger partial charge in [-0.25, -0.2) is 8.42 Å². The molecular formula is C12H11ClN2O2S. The molecular weight excluding hydrogens is 272 g/mol. The van der Waals surface area contributed by atoms with Crippen LogP contribution < -0.4 is 11.3 Å². The predicted molar refractivity (Wildman–Crippen MR) is 71.2 cm³/mol. The topological polar surface area (TPSA) is 72.2 Å². The smallest absolute Gasteiger partial charge is 0.206 e. The Bertz CT molecular complexity index is 637. The van der Waals surface area contributed by atoms with E-state index in [1.165, 1.54) is 24.3 Å². The Morgan fingerprint density at radius 3 is 1.78 bits per heavy atom. The Hall–Kier alpha value is -1.56. The van der Waals surface area contributed by atoms with Crippen LogP contribution in [-0.2, 0) is 9.84 Å². The molecule has 0 bridgehead atoms. The molecule has 0 amide bonds. The molecule has 0 aliphatic carbocycles. The van der Waals surface area contributed by atoms with Gasteiger partial charge in [-0.05, 0) is 48.5 Å². The zero-order valence-electron chi connectivity index (χ0n) is 9.30. The van der Waals surface area contributed by atoms with Gasteiger partial charge in [0.15, 0.2) is 0 Å². The molecule has 0 unspecified atom stereocenters. The van der Waals surface area contributed by atoms with Gasteiger partial charge < -0.3 is 5.43 Å². The summed E-state index contributed by atoms with van der Waals surface area (Å²) in [6.07, 6.45) is 0. The first-order valence-electron chi connectivity index (χ1n) is 5.11. The van der Waals surface area contributed by atoms with Crippen LogP contribution in [-0.4, -0.2) is 8.42 Å². The Labute approximate surface area is 110 Å². The third kappa shape index (κ3) is 2.48. The van der Waals surface area contributed by atoms with Crippen LogP contribution >= 0.6 is 11.6 Å². The number of sulfone groups is 1. The summed E-state index contributed by atoms with van der Waals surface area (Å²) in [7, 11) is -3.51. The molecule has 0 saturated carbocycles. The first kappa shape index (κ1) is 12.9. The van der Waals surface area contributed by atoms with E-state index in [0.717, 1.165) is 0 Å². The molecule has 94 valence electrons. The fourth-order valence-corrected chi connectivity index (χ4v) is 2.87. The molecule has 2 rings (SSSR count).